The molecular formula is C26H20Cl2N4O2. The maximum absolute atomic E-state index is 12.3. The highest BCUT2D eigenvalue weighted by atomic mass is 35.5. The highest BCUT2D eigenvalue weighted by molar-refractivity contribution is 6.42. The van der Waals surface area contributed by atoms with Gasteiger partial charge in [0, 0.05) is 36.0 Å². The number of hydrogen-bond acceptors (Lipinski definition) is 5. The average molecular weight is 491 g/mol. The molecule has 1 atom stereocenters. The first-order valence-electron chi connectivity index (χ1n) is 10.8. The van der Waals surface area contributed by atoms with Gasteiger partial charge in [0.2, 0.25) is 5.95 Å². The van der Waals surface area contributed by atoms with Crippen molar-refractivity contribution in [1.82, 2.24) is 15.0 Å². The molecule has 1 N–H and O–H groups in total. The molecule has 0 bridgehead atoms. The number of nitrogens with zero attached hydrogens (tertiary/aromatic N) is 3. The molecule has 6 nitrogen and oxygen atoms in total. The summed E-state index contributed by atoms with van der Waals surface area (Å²) < 4.78 is 5.27. The van der Waals surface area contributed by atoms with E-state index in [1.165, 1.54) is 0 Å². The Bertz CT molecular complexity index is 1350. The molecule has 170 valence electrons. The Morgan fingerprint density at radius 1 is 1.03 bits per heavy atom. The Balaban J connectivity index is 1.34. The van der Waals surface area contributed by atoms with Crippen LogP contribution in [0.4, 0.5) is 10.7 Å². The van der Waals surface area contributed by atoms with Crippen LogP contribution >= 0.6 is 23.2 Å². The summed E-state index contributed by atoms with van der Waals surface area (Å²) in [6.45, 7) is 0.210. The Hall–Kier alpha value is -3.48. The van der Waals surface area contributed by atoms with Crippen LogP contribution in [0.1, 0.15) is 28.3 Å². The monoisotopic (exact) mass is 490 g/mol. The lowest BCUT2D eigenvalue weighted by atomic mass is 9.78. The van der Waals surface area contributed by atoms with Crippen molar-refractivity contribution in [2.24, 2.45) is 0 Å². The molecule has 5 rings (SSSR count). The molecule has 4 aromatic rings. The minimum absolute atomic E-state index is 0.0948. The van der Waals surface area contributed by atoms with Gasteiger partial charge < -0.3 is 4.74 Å². The van der Waals surface area contributed by atoms with Crippen molar-refractivity contribution < 1.29 is 9.53 Å². The number of benzene rings is 2. The molecule has 0 saturated heterocycles. The predicted octanol–water partition coefficient (Wildman–Crippen LogP) is 6.32. The van der Waals surface area contributed by atoms with Gasteiger partial charge in [-0.15, -0.1) is 0 Å². The van der Waals surface area contributed by atoms with E-state index in [-0.39, 0.29) is 18.5 Å². The van der Waals surface area contributed by atoms with Gasteiger partial charge in [-0.05, 0) is 47.4 Å². The Morgan fingerprint density at radius 2 is 1.88 bits per heavy atom. The maximum Gasteiger partial charge on any atom is 0.414 e. The molecule has 1 amide bonds. The third-order valence-electron chi connectivity index (χ3n) is 5.76. The van der Waals surface area contributed by atoms with Gasteiger partial charge in [0.1, 0.15) is 0 Å². The van der Waals surface area contributed by atoms with Gasteiger partial charge in [0.05, 0.1) is 22.3 Å². The van der Waals surface area contributed by atoms with E-state index in [2.05, 4.69) is 26.3 Å². The summed E-state index contributed by atoms with van der Waals surface area (Å²) in [6.07, 6.45) is 4.10. The van der Waals surface area contributed by atoms with Crippen LogP contribution < -0.4 is 5.32 Å². The number of fused-ring (bicyclic) bond motifs is 3. The Labute approximate surface area is 207 Å². The number of carbonyl (C=O) groups excluding carboxylic acids is 1. The van der Waals surface area contributed by atoms with E-state index >= 15 is 0 Å². The summed E-state index contributed by atoms with van der Waals surface area (Å²) in [6, 6.07) is 19.5. The Kier molecular flexibility index (Phi) is 6.43. The van der Waals surface area contributed by atoms with Crippen LogP contribution in [0.25, 0.3) is 11.3 Å². The van der Waals surface area contributed by atoms with Gasteiger partial charge in [-0.2, -0.15) is 0 Å². The molecule has 0 aliphatic heterocycles. The SMILES string of the molecule is O=C(Nc1ncc2c(n1)-c1ccccc1C(c1ccc(Cl)c(Cl)c1)C2)OCCc1ccccn1. The van der Waals surface area contributed by atoms with E-state index in [9.17, 15) is 4.79 Å². The van der Waals surface area contributed by atoms with E-state index in [0.29, 0.717) is 22.9 Å². The first kappa shape index (κ1) is 22.3. The number of carbonyl (C=O) groups is 1. The lowest BCUT2D eigenvalue weighted by molar-refractivity contribution is 0.162. The quantitative estimate of drug-likeness (QED) is 0.353. The normalized spacial score (nSPS) is 14.1. The van der Waals surface area contributed by atoms with Gasteiger partial charge in [-0.1, -0.05) is 59.6 Å². The molecule has 2 heterocycles. The molecule has 0 fully saturated rings. The minimum atomic E-state index is -0.603. The zero-order valence-corrected chi connectivity index (χ0v) is 19.6. The van der Waals surface area contributed by atoms with Crippen molar-refractivity contribution in [1.29, 1.82) is 0 Å². The van der Waals surface area contributed by atoms with Crippen molar-refractivity contribution in [3.8, 4) is 11.3 Å². The number of aromatic nitrogens is 3. The second kappa shape index (κ2) is 9.79. The maximum atomic E-state index is 12.3. The van der Waals surface area contributed by atoms with Crippen molar-refractivity contribution in [3.63, 3.8) is 0 Å². The van der Waals surface area contributed by atoms with Crippen molar-refractivity contribution in [3.05, 3.63) is 105 Å². The van der Waals surface area contributed by atoms with Crippen LogP contribution in [0.5, 0.6) is 0 Å². The van der Waals surface area contributed by atoms with E-state index in [4.69, 9.17) is 27.9 Å². The van der Waals surface area contributed by atoms with Crippen LogP contribution in [0, 0.1) is 0 Å². The molecule has 8 heteroatoms. The second-order valence-corrected chi connectivity index (χ2v) is 8.73. The molecular weight excluding hydrogens is 471 g/mol. The number of hydrogen-bond donors (Lipinski definition) is 1. The minimum Gasteiger partial charge on any atom is -0.449 e. The van der Waals surface area contributed by atoms with Crippen molar-refractivity contribution >= 4 is 35.2 Å². The summed E-state index contributed by atoms with van der Waals surface area (Å²) in [4.78, 5) is 25.5. The zero-order valence-electron chi connectivity index (χ0n) is 18.0. The van der Waals surface area contributed by atoms with Crippen LogP contribution in [0.2, 0.25) is 10.0 Å². The van der Waals surface area contributed by atoms with Crippen LogP contribution in [-0.2, 0) is 17.6 Å². The molecule has 0 saturated carbocycles. The largest absolute Gasteiger partial charge is 0.449 e. The lowest BCUT2D eigenvalue weighted by Crippen LogP contribution is -2.19. The molecule has 2 aromatic heterocycles. The summed E-state index contributed by atoms with van der Waals surface area (Å²) in [5.74, 6) is 0.293. The summed E-state index contributed by atoms with van der Waals surface area (Å²) in [5, 5.41) is 3.69. The van der Waals surface area contributed by atoms with Crippen molar-refractivity contribution in [2.45, 2.75) is 18.8 Å². The highest BCUT2D eigenvalue weighted by Gasteiger charge is 2.28. The highest BCUT2D eigenvalue weighted by Crippen LogP contribution is 2.42. The number of anilines is 1. The number of rotatable bonds is 5. The number of pyridine rings is 1. The third kappa shape index (κ3) is 4.74. The van der Waals surface area contributed by atoms with Gasteiger partial charge in [-0.3, -0.25) is 10.3 Å². The predicted molar refractivity (Wildman–Crippen MR) is 132 cm³/mol. The fourth-order valence-corrected chi connectivity index (χ4v) is 4.45. The zero-order chi connectivity index (χ0) is 23.5. The van der Waals surface area contributed by atoms with Crippen LogP contribution in [0.3, 0.4) is 0 Å². The molecule has 34 heavy (non-hydrogen) atoms. The topological polar surface area (TPSA) is 77.0 Å². The third-order valence-corrected chi connectivity index (χ3v) is 6.50. The molecule has 1 unspecified atom stereocenters. The van der Waals surface area contributed by atoms with Crippen LogP contribution in [0.15, 0.2) is 73.1 Å². The number of nitrogens with one attached hydrogen (secondary N) is 1. The summed E-state index contributed by atoms with van der Waals surface area (Å²) in [5.41, 5.74) is 5.85. The van der Waals surface area contributed by atoms with Gasteiger partial charge in [0.25, 0.3) is 0 Å². The van der Waals surface area contributed by atoms with E-state index in [1.54, 1.807) is 12.4 Å². The fraction of sp³-hybridized carbons (Fsp3) is 0.154. The summed E-state index contributed by atoms with van der Waals surface area (Å²) in [7, 11) is 0. The first-order valence-corrected chi connectivity index (χ1v) is 11.6. The average Bonchev–Trinajstić information content (AvgIpc) is 2.86. The molecule has 1 aliphatic rings. The first-order chi connectivity index (χ1) is 16.6. The summed E-state index contributed by atoms with van der Waals surface area (Å²) >= 11 is 12.4. The van der Waals surface area contributed by atoms with Gasteiger partial charge in [-0.25, -0.2) is 14.8 Å². The van der Waals surface area contributed by atoms with Gasteiger partial charge in [0.15, 0.2) is 0 Å². The van der Waals surface area contributed by atoms with E-state index in [0.717, 1.165) is 33.6 Å². The molecule has 1 aliphatic carbocycles. The van der Waals surface area contributed by atoms with Gasteiger partial charge >= 0.3 is 6.09 Å². The van der Waals surface area contributed by atoms with Crippen molar-refractivity contribution in [2.75, 3.05) is 11.9 Å². The van der Waals surface area contributed by atoms with E-state index < -0.39 is 6.09 Å². The molecule has 0 radical (unpaired) electrons. The van der Waals surface area contributed by atoms with Crippen LogP contribution in [-0.4, -0.2) is 27.7 Å². The molecule has 2 aromatic carbocycles. The number of ether oxygens (including phenoxy) is 1. The molecule has 0 spiro atoms. The standard InChI is InChI=1S/C26H20Cl2N4O2/c27-22-9-8-16(14-23(22)28)21-13-17-15-30-25(31-24(17)20-7-2-1-6-19(20)21)32-26(33)34-12-10-18-5-3-4-11-29-18/h1-9,11,14-15,21H,10,12-13H2,(H,30,31,32,33). The smallest absolute Gasteiger partial charge is 0.414 e. The second-order valence-electron chi connectivity index (χ2n) is 7.92. The van der Waals surface area contributed by atoms with E-state index in [1.807, 2.05) is 54.6 Å². The Morgan fingerprint density at radius 3 is 2.71 bits per heavy atom. The number of halogens is 2. The fourth-order valence-electron chi connectivity index (χ4n) is 4.14. The number of amides is 1. The lowest BCUT2D eigenvalue weighted by Gasteiger charge is -2.27.